The Labute approximate surface area is 124 Å². The highest BCUT2D eigenvalue weighted by molar-refractivity contribution is 7.14. The average Bonchev–Trinajstić information content (AvgIpc) is 2.95. The molecule has 1 N–H and O–H groups in total. The summed E-state index contributed by atoms with van der Waals surface area (Å²) in [5.41, 5.74) is 0. The number of aryl methyl sites for hydroxylation is 1. The number of ketones is 1. The number of nitrogens with zero attached hydrogens (tertiary/aromatic N) is 1. The average molecular weight is 297 g/mol. The molecule has 0 bridgehead atoms. The number of hydrogen-bond donors (Lipinski definition) is 1. The van der Waals surface area contributed by atoms with Crippen molar-refractivity contribution in [3.8, 4) is 0 Å². The lowest BCUT2D eigenvalue weighted by Gasteiger charge is -2.31. The lowest BCUT2D eigenvalue weighted by Crippen LogP contribution is -2.40. The number of carbonyl (C=O) groups is 1. The van der Waals surface area contributed by atoms with Crippen molar-refractivity contribution in [1.29, 1.82) is 0 Å². The van der Waals surface area contributed by atoms with Crippen LogP contribution in [0.15, 0.2) is 12.1 Å². The van der Waals surface area contributed by atoms with Gasteiger partial charge < -0.3 is 9.84 Å². The van der Waals surface area contributed by atoms with Gasteiger partial charge in [-0.1, -0.05) is 6.92 Å². The van der Waals surface area contributed by atoms with E-state index in [0.717, 1.165) is 37.2 Å². The number of thiophene rings is 1. The molecule has 20 heavy (non-hydrogen) atoms. The second kappa shape index (κ2) is 7.88. The Hall–Kier alpha value is -0.750. The zero-order chi connectivity index (χ0) is 14.4. The first-order chi connectivity index (χ1) is 9.72. The highest BCUT2D eigenvalue weighted by Crippen LogP contribution is 2.19. The summed E-state index contributed by atoms with van der Waals surface area (Å²) in [5, 5.41) is 8.74. The summed E-state index contributed by atoms with van der Waals surface area (Å²) in [6.07, 6.45) is 3.11. The Morgan fingerprint density at radius 1 is 1.45 bits per heavy atom. The number of aliphatic hydroxyl groups is 1. The molecule has 5 heteroatoms. The number of hydrogen-bond acceptors (Lipinski definition) is 5. The first kappa shape index (κ1) is 15.6. The number of carbonyl (C=O) groups excluding carboxylic acids is 1. The maximum absolute atomic E-state index is 12.2. The molecule has 2 heterocycles. The Kier molecular flexibility index (Phi) is 6.16. The van der Waals surface area contributed by atoms with Crippen LogP contribution in [0, 0.1) is 0 Å². The van der Waals surface area contributed by atoms with Crippen LogP contribution in [0.3, 0.4) is 0 Å². The summed E-state index contributed by atoms with van der Waals surface area (Å²) >= 11 is 1.61. The highest BCUT2D eigenvalue weighted by atomic mass is 32.1. The molecule has 1 saturated heterocycles. The second-order valence-electron chi connectivity index (χ2n) is 5.11. The molecule has 112 valence electrons. The summed E-state index contributed by atoms with van der Waals surface area (Å²) in [4.78, 5) is 16.5. The van der Waals surface area contributed by atoms with Crippen molar-refractivity contribution in [3.05, 3.63) is 21.9 Å². The van der Waals surface area contributed by atoms with Gasteiger partial charge >= 0.3 is 0 Å². The SMILES string of the molecule is CCc1ccc(C(=O)CN2CCC(OCCO)CC2)s1. The van der Waals surface area contributed by atoms with E-state index in [-0.39, 0.29) is 18.5 Å². The van der Waals surface area contributed by atoms with Gasteiger partial charge in [-0.05, 0) is 31.4 Å². The van der Waals surface area contributed by atoms with Crippen molar-refractivity contribution in [2.45, 2.75) is 32.3 Å². The van der Waals surface area contributed by atoms with Crippen LogP contribution >= 0.6 is 11.3 Å². The molecule has 0 atom stereocenters. The fraction of sp³-hybridized carbons (Fsp3) is 0.667. The number of Topliss-reactive ketones (excluding diaryl/α,β-unsaturated/α-hetero) is 1. The van der Waals surface area contributed by atoms with Gasteiger partial charge in [0.25, 0.3) is 0 Å². The summed E-state index contributed by atoms with van der Waals surface area (Å²) in [6, 6.07) is 4.00. The zero-order valence-corrected chi connectivity index (χ0v) is 12.8. The molecule has 1 aliphatic heterocycles. The van der Waals surface area contributed by atoms with E-state index in [4.69, 9.17) is 9.84 Å². The molecular formula is C15H23NO3S. The lowest BCUT2D eigenvalue weighted by atomic mass is 10.1. The zero-order valence-electron chi connectivity index (χ0n) is 12.0. The number of likely N-dealkylation sites (tertiary alicyclic amines) is 1. The van der Waals surface area contributed by atoms with Crippen LogP contribution in [0.2, 0.25) is 0 Å². The van der Waals surface area contributed by atoms with Crippen molar-refractivity contribution in [3.63, 3.8) is 0 Å². The van der Waals surface area contributed by atoms with Crippen LogP contribution in [0.25, 0.3) is 0 Å². The van der Waals surface area contributed by atoms with E-state index in [2.05, 4.69) is 11.8 Å². The number of piperidine rings is 1. The largest absolute Gasteiger partial charge is 0.394 e. The molecule has 1 aromatic rings. The van der Waals surface area contributed by atoms with E-state index in [0.29, 0.717) is 13.2 Å². The third kappa shape index (κ3) is 4.38. The Morgan fingerprint density at radius 2 is 2.20 bits per heavy atom. The number of rotatable bonds is 7. The molecule has 0 aromatic carbocycles. The van der Waals surface area contributed by atoms with Crippen LogP contribution in [-0.2, 0) is 11.2 Å². The molecule has 0 unspecified atom stereocenters. The monoisotopic (exact) mass is 297 g/mol. The van der Waals surface area contributed by atoms with Gasteiger partial charge in [0, 0.05) is 18.0 Å². The van der Waals surface area contributed by atoms with Crippen LogP contribution in [0.5, 0.6) is 0 Å². The molecule has 0 radical (unpaired) electrons. The standard InChI is InChI=1S/C15H23NO3S/c1-2-13-3-4-15(20-13)14(18)11-16-7-5-12(6-8-16)19-10-9-17/h3-4,12,17H,2,5-11H2,1H3. The fourth-order valence-electron chi connectivity index (χ4n) is 2.45. The normalized spacial score (nSPS) is 17.5. The van der Waals surface area contributed by atoms with Crippen molar-refractivity contribution in [2.24, 2.45) is 0 Å². The summed E-state index contributed by atoms with van der Waals surface area (Å²) in [5.74, 6) is 0.226. The molecule has 0 amide bonds. The predicted molar refractivity (Wildman–Crippen MR) is 80.5 cm³/mol. The van der Waals surface area contributed by atoms with Gasteiger partial charge in [-0.15, -0.1) is 11.3 Å². The quantitative estimate of drug-likeness (QED) is 0.782. The molecule has 0 saturated carbocycles. The van der Waals surface area contributed by atoms with E-state index in [1.165, 1.54) is 4.88 Å². The van der Waals surface area contributed by atoms with Crippen molar-refractivity contribution >= 4 is 17.1 Å². The summed E-state index contributed by atoms with van der Waals surface area (Å²) < 4.78 is 5.53. The number of ether oxygens (including phenoxy) is 1. The minimum atomic E-state index is 0.0802. The Morgan fingerprint density at radius 3 is 2.80 bits per heavy atom. The van der Waals surface area contributed by atoms with Crippen molar-refractivity contribution in [1.82, 2.24) is 4.90 Å². The molecule has 4 nitrogen and oxygen atoms in total. The van der Waals surface area contributed by atoms with Gasteiger partial charge in [0.15, 0.2) is 5.78 Å². The second-order valence-corrected chi connectivity index (χ2v) is 6.28. The molecule has 1 aliphatic rings. The third-order valence-corrected chi connectivity index (χ3v) is 4.90. The maximum atomic E-state index is 12.2. The molecule has 1 aromatic heterocycles. The number of aliphatic hydroxyl groups excluding tert-OH is 1. The van der Waals surface area contributed by atoms with Crippen LogP contribution in [-0.4, -0.2) is 54.7 Å². The minimum Gasteiger partial charge on any atom is -0.394 e. The van der Waals surface area contributed by atoms with Crippen LogP contribution in [0.1, 0.15) is 34.3 Å². The smallest absolute Gasteiger partial charge is 0.186 e. The van der Waals surface area contributed by atoms with E-state index in [9.17, 15) is 4.79 Å². The first-order valence-electron chi connectivity index (χ1n) is 7.29. The molecule has 0 spiro atoms. The molecule has 2 rings (SSSR count). The van der Waals surface area contributed by atoms with E-state index in [1.807, 2.05) is 12.1 Å². The van der Waals surface area contributed by atoms with Gasteiger partial charge in [0.2, 0.25) is 0 Å². The fourth-order valence-corrected chi connectivity index (χ4v) is 3.33. The third-order valence-electron chi connectivity index (χ3n) is 3.63. The molecule has 1 fully saturated rings. The van der Waals surface area contributed by atoms with Gasteiger partial charge in [-0.3, -0.25) is 9.69 Å². The van der Waals surface area contributed by atoms with Gasteiger partial charge in [-0.25, -0.2) is 0 Å². The summed E-state index contributed by atoms with van der Waals surface area (Å²) in [7, 11) is 0. The van der Waals surface area contributed by atoms with Gasteiger partial charge in [0.05, 0.1) is 30.7 Å². The maximum Gasteiger partial charge on any atom is 0.186 e. The van der Waals surface area contributed by atoms with E-state index in [1.54, 1.807) is 11.3 Å². The van der Waals surface area contributed by atoms with Crippen LogP contribution < -0.4 is 0 Å². The predicted octanol–water partition coefficient (Wildman–Crippen LogP) is 1.97. The van der Waals surface area contributed by atoms with E-state index < -0.39 is 0 Å². The highest BCUT2D eigenvalue weighted by Gasteiger charge is 2.22. The summed E-state index contributed by atoms with van der Waals surface area (Å²) in [6.45, 7) is 4.91. The van der Waals surface area contributed by atoms with Crippen molar-refractivity contribution in [2.75, 3.05) is 32.8 Å². The Bertz CT molecular complexity index is 425. The molecule has 0 aliphatic carbocycles. The van der Waals surface area contributed by atoms with Gasteiger partial charge in [-0.2, -0.15) is 0 Å². The van der Waals surface area contributed by atoms with Crippen LogP contribution in [0.4, 0.5) is 0 Å². The van der Waals surface area contributed by atoms with E-state index >= 15 is 0 Å². The topological polar surface area (TPSA) is 49.8 Å². The minimum absolute atomic E-state index is 0.0802. The molecular weight excluding hydrogens is 274 g/mol. The van der Waals surface area contributed by atoms with Gasteiger partial charge in [0.1, 0.15) is 0 Å². The Balaban J connectivity index is 1.76. The lowest BCUT2D eigenvalue weighted by molar-refractivity contribution is -0.00687. The van der Waals surface area contributed by atoms with Crippen molar-refractivity contribution < 1.29 is 14.6 Å². The first-order valence-corrected chi connectivity index (χ1v) is 8.11.